The third kappa shape index (κ3) is 7.26. The van der Waals surface area contributed by atoms with Crippen LogP contribution in [0.3, 0.4) is 0 Å². The summed E-state index contributed by atoms with van der Waals surface area (Å²) in [5.41, 5.74) is 1.13. The number of imide groups is 1. The van der Waals surface area contributed by atoms with Crippen LogP contribution in [0.25, 0.3) is 0 Å². The second-order valence-electron chi connectivity index (χ2n) is 5.23. The van der Waals surface area contributed by atoms with Gasteiger partial charge in [0.25, 0.3) is 5.91 Å². The molecule has 0 aliphatic carbocycles. The van der Waals surface area contributed by atoms with Crippen molar-refractivity contribution in [3.63, 3.8) is 0 Å². The van der Waals surface area contributed by atoms with Gasteiger partial charge in [-0.1, -0.05) is 25.2 Å². The minimum Gasteiger partial charge on any atom is -0.650 e. The van der Waals surface area contributed by atoms with E-state index in [1.807, 2.05) is 0 Å². The van der Waals surface area contributed by atoms with E-state index in [-0.39, 0.29) is 97.7 Å². The number of nitrogens with one attached hydrogen (secondary N) is 1. The number of carbonyl (C=O) groups is 3. The maximum absolute atomic E-state index is 12.5. The first kappa shape index (κ1) is 27.7. The van der Waals surface area contributed by atoms with Crippen LogP contribution in [-0.4, -0.2) is 48.3 Å². The first-order valence-electron chi connectivity index (χ1n) is 7.22. The average molecular weight is 510 g/mol. The summed E-state index contributed by atoms with van der Waals surface area (Å²) in [4.78, 5) is 47.2. The Kier molecular flexibility index (Phi) is 14.5. The Bertz CT molecular complexity index is 616. The Balaban J connectivity index is 0. The van der Waals surface area contributed by atoms with Gasteiger partial charge in [-0.05, 0) is 24.5 Å². The molecule has 0 aromatic carbocycles. The summed E-state index contributed by atoms with van der Waals surface area (Å²) in [6.07, 6.45) is 5.83. The van der Waals surface area contributed by atoms with Gasteiger partial charge in [0.2, 0.25) is 11.8 Å². The Morgan fingerprint density at radius 3 is 2.58 bits per heavy atom. The number of hydrogen-bond acceptors (Lipinski definition) is 5. The molecule has 2 saturated heterocycles. The fourth-order valence-corrected chi connectivity index (χ4v) is 2.67. The second-order valence-corrected chi connectivity index (χ2v) is 5.23. The predicted octanol–water partition coefficient (Wildman–Crippen LogP) is 0.592. The van der Waals surface area contributed by atoms with E-state index in [4.69, 9.17) is 0 Å². The maximum atomic E-state index is 12.5. The predicted molar refractivity (Wildman–Crippen MR) is 86.9 cm³/mol. The summed E-state index contributed by atoms with van der Waals surface area (Å²) in [7, 11) is 0. The van der Waals surface area contributed by atoms with Crippen LogP contribution in [0.2, 0.25) is 0 Å². The van der Waals surface area contributed by atoms with Gasteiger partial charge in [-0.3, -0.25) is 19.7 Å². The number of likely N-dealkylation sites (tertiary alicyclic amines) is 1. The molecule has 2 aliphatic heterocycles. The molecule has 0 aromatic heterocycles. The minimum atomic E-state index is -0.613. The largest absolute Gasteiger partial charge is 0.650 e. The van der Waals surface area contributed by atoms with Crippen molar-refractivity contribution in [2.24, 2.45) is 0 Å². The van der Waals surface area contributed by atoms with Crippen LogP contribution in [0, 0.1) is 7.43 Å². The Morgan fingerprint density at radius 2 is 2.00 bits per heavy atom. The zero-order chi connectivity index (χ0) is 16.8. The number of piperidine rings is 1. The minimum absolute atomic E-state index is 0. The number of carbonyl (C=O) groups excluding carboxylic acids is 4. The van der Waals surface area contributed by atoms with E-state index in [0.717, 1.165) is 0 Å². The molecule has 2 aliphatic rings. The molecular weight excluding hydrogens is 490 g/mol. The third-order valence-corrected chi connectivity index (χ3v) is 3.73. The molecule has 9 heteroatoms. The van der Waals surface area contributed by atoms with Gasteiger partial charge in [0.1, 0.15) is 6.04 Å². The van der Waals surface area contributed by atoms with Crippen LogP contribution in [-0.2, 0) is 89.3 Å². The van der Waals surface area contributed by atoms with E-state index in [1.165, 1.54) is 17.4 Å². The first-order chi connectivity index (χ1) is 11.1. The van der Waals surface area contributed by atoms with E-state index < -0.39 is 11.9 Å². The fourth-order valence-electron chi connectivity index (χ4n) is 2.67. The van der Waals surface area contributed by atoms with Gasteiger partial charge in [-0.15, -0.1) is 0 Å². The topological polar surface area (TPSA) is 92.8 Å². The van der Waals surface area contributed by atoms with Crippen molar-refractivity contribution in [3.05, 3.63) is 43.4 Å². The van der Waals surface area contributed by atoms with Gasteiger partial charge in [0.15, 0.2) is 0 Å². The van der Waals surface area contributed by atoms with Gasteiger partial charge in [0.05, 0.1) is 6.61 Å². The number of rotatable bonds is 6. The normalized spacial score (nSPS) is 21.2. The molecule has 2 rings (SSSR count). The number of hydrogen-bond donors (Lipinski definition) is 1. The van der Waals surface area contributed by atoms with Crippen molar-refractivity contribution < 1.29 is 89.3 Å². The quantitative estimate of drug-likeness (QED) is 0.245. The zero-order valence-electron chi connectivity index (χ0n) is 14.7. The number of nitrogens with zero attached hydrogens (tertiary/aromatic N) is 1. The average Bonchev–Trinajstić information content (AvgIpc) is 2.86. The van der Waals surface area contributed by atoms with Crippen LogP contribution in [0.4, 0.5) is 0 Å². The van der Waals surface area contributed by atoms with Gasteiger partial charge >= 0.3 is 0 Å². The fraction of sp³-hybridized carbons (Fsp3) is 0.353. The van der Waals surface area contributed by atoms with E-state index in [9.17, 15) is 19.2 Å². The molecule has 1 unspecified atom stereocenters. The molecule has 1 N–H and O–H groups in total. The third-order valence-electron chi connectivity index (χ3n) is 3.73. The molecule has 0 bridgehead atoms. The molecule has 0 saturated carbocycles. The molecule has 2 heterocycles. The summed E-state index contributed by atoms with van der Waals surface area (Å²) in [6, 6.07) is -0.613. The molecular formula is C17H20N2O5Y2-2. The van der Waals surface area contributed by atoms with Crippen LogP contribution in [0.1, 0.15) is 19.3 Å². The Hall–Kier alpha value is -0.492. The summed E-state index contributed by atoms with van der Waals surface area (Å²) in [5, 5.41) is 2.25. The second kappa shape index (κ2) is 13.6. The molecule has 26 heavy (non-hydrogen) atoms. The van der Waals surface area contributed by atoms with Crippen LogP contribution >= 0.6 is 0 Å². The van der Waals surface area contributed by atoms with Crippen molar-refractivity contribution in [1.29, 1.82) is 0 Å². The first-order valence-corrected chi connectivity index (χ1v) is 7.22. The van der Waals surface area contributed by atoms with Crippen LogP contribution in [0.5, 0.6) is 0 Å². The summed E-state index contributed by atoms with van der Waals surface area (Å²) in [5.74, 6) is -0.992. The smallest absolute Gasteiger partial charge is 0.250 e. The van der Waals surface area contributed by atoms with E-state index >= 15 is 0 Å². The summed E-state index contributed by atoms with van der Waals surface area (Å²) >= 11 is 0. The standard InChI is InChI=1S/C16H17N2O5.CH3.2Y/c1-2-3-11(9-23-10-19)8-12-6-7-18(16(12)22)13-4-5-14(20)17-15(13)21;;;/h2-3,8,13H,1,4-7,9H2,(H,17,20,21);1H3;;/q2*-1;;/b11-3+,12-8+;;;. The molecule has 0 aromatic rings. The van der Waals surface area contributed by atoms with Crippen molar-refractivity contribution in [2.75, 3.05) is 13.2 Å². The maximum Gasteiger partial charge on any atom is 0.250 e. The van der Waals surface area contributed by atoms with Crippen LogP contribution < -0.4 is 5.32 Å². The van der Waals surface area contributed by atoms with E-state index in [1.54, 1.807) is 12.2 Å². The van der Waals surface area contributed by atoms with Gasteiger partial charge in [-0.2, -0.15) is 0 Å². The molecule has 136 valence electrons. The molecule has 3 amide bonds. The van der Waals surface area contributed by atoms with Gasteiger partial charge in [-0.25, -0.2) is 0 Å². The molecule has 7 nitrogen and oxygen atoms in total. The SMILES string of the molecule is C=C/C=C(\C=C1/CCN(C2CCC(=O)NC2=O)C1=O)CO[C-]=O.[CH3-].[Y].[Y]. The van der Waals surface area contributed by atoms with Gasteiger partial charge in [0, 0.05) is 84.0 Å². The van der Waals surface area contributed by atoms with Crippen LogP contribution in [0.15, 0.2) is 36.0 Å². The molecule has 2 radical (unpaired) electrons. The number of ether oxygens (including phenoxy) is 1. The summed E-state index contributed by atoms with van der Waals surface area (Å²) < 4.78 is 4.57. The number of amides is 3. The van der Waals surface area contributed by atoms with Crippen molar-refractivity contribution in [2.45, 2.75) is 25.3 Å². The summed E-state index contributed by atoms with van der Waals surface area (Å²) in [6.45, 7) is 5.30. The van der Waals surface area contributed by atoms with Crippen molar-refractivity contribution in [1.82, 2.24) is 10.2 Å². The van der Waals surface area contributed by atoms with Crippen molar-refractivity contribution in [3.8, 4) is 0 Å². The Labute approximate surface area is 203 Å². The number of allylic oxidation sites excluding steroid dienone is 2. The molecule has 2 fully saturated rings. The molecule has 0 spiro atoms. The van der Waals surface area contributed by atoms with E-state index in [2.05, 4.69) is 16.6 Å². The molecule has 1 atom stereocenters. The monoisotopic (exact) mass is 510 g/mol. The van der Waals surface area contributed by atoms with E-state index in [0.29, 0.717) is 30.5 Å². The van der Waals surface area contributed by atoms with Gasteiger partial charge < -0.3 is 21.9 Å². The van der Waals surface area contributed by atoms with Crippen molar-refractivity contribution >= 4 is 24.2 Å². The Morgan fingerprint density at radius 1 is 1.31 bits per heavy atom. The zero-order valence-corrected chi connectivity index (χ0v) is 20.4.